The zero-order chi connectivity index (χ0) is 19.8. The lowest BCUT2D eigenvalue weighted by Crippen LogP contribution is -2.15. The Kier molecular flexibility index (Phi) is 4.56. The molecule has 6 nitrogen and oxygen atoms in total. The molecule has 0 aliphatic rings. The third kappa shape index (κ3) is 3.46. The van der Waals surface area contributed by atoms with E-state index in [0.29, 0.717) is 32.8 Å². The van der Waals surface area contributed by atoms with Crippen LogP contribution in [0, 0.1) is 26.6 Å². The number of benzene rings is 1. The molecule has 0 unspecified atom stereocenters. The average Bonchev–Trinajstić information content (AvgIpc) is 3.34. The van der Waals surface area contributed by atoms with Gasteiger partial charge < -0.3 is 9.73 Å². The molecule has 4 aromatic rings. The molecule has 142 valence electrons. The van der Waals surface area contributed by atoms with Crippen molar-refractivity contribution in [2.45, 2.75) is 20.8 Å². The minimum atomic E-state index is -0.334. The van der Waals surface area contributed by atoms with E-state index < -0.39 is 0 Å². The van der Waals surface area contributed by atoms with E-state index in [9.17, 15) is 9.18 Å². The summed E-state index contributed by atoms with van der Waals surface area (Å²) >= 11 is 1.27. The van der Waals surface area contributed by atoms with Crippen molar-refractivity contribution in [3.8, 4) is 16.5 Å². The van der Waals surface area contributed by atoms with Crippen molar-refractivity contribution in [2.24, 2.45) is 0 Å². The molecule has 0 spiro atoms. The standard InChI is InChI=1S/C20H17FN4O2S/c1-11-10-17(25(24-11)15-7-5-14(21)6-8-15)23-19(26)18-13(3)22-20(28-18)16-9-4-12(2)27-16/h4-10H,1-3H3,(H,23,26). The fourth-order valence-electron chi connectivity index (χ4n) is 2.80. The number of nitrogens with one attached hydrogen (secondary N) is 1. The van der Waals surface area contributed by atoms with Gasteiger partial charge in [0.1, 0.15) is 22.3 Å². The number of aryl methyl sites for hydroxylation is 3. The first-order valence-corrected chi connectivity index (χ1v) is 9.40. The number of thiazole rings is 1. The van der Waals surface area contributed by atoms with Crippen molar-refractivity contribution in [1.29, 1.82) is 0 Å². The summed E-state index contributed by atoms with van der Waals surface area (Å²) in [6.45, 7) is 5.47. The topological polar surface area (TPSA) is 73.0 Å². The van der Waals surface area contributed by atoms with Crippen molar-refractivity contribution in [2.75, 3.05) is 5.32 Å². The van der Waals surface area contributed by atoms with Crippen LogP contribution >= 0.6 is 11.3 Å². The highest BCUT2D eigenvalue weighted by molar-refractivity contribution is 7.17. The highest BCUT2D eigenvalue weighted by Crippen LogP contribution is 2.30. The van der Waals surface area contributed by atoms with E-state index in [1.54, 1.807) is 29.8 Å². The maximum Gasteiger partial charge on any atom is 0.268 e. The summed E-state index contributed by atoms with van der Waals surface area (Å²) < 4.78 is 20.4. The highest BCUT2D eigenvalue weighted by atomic mass is 32.1. The highest BCUT2D eigenvalue weighted by Gasteiger charge is 2.20. The van der Waals surface area contributed by atoms with Crippen LogP contribution in [0.4, 0.5) is 10.2 Å². The molecule has 0 bridgehead atoms. The first-order chi connectivity index (χ1) is 13.4. The molecule has 0 fully saturated rings. The summed E-state index contributed by atoms with van der Waals surface area (Å²) in [5.41, 5.74) is 2.00. The molecule has 0 saturated heterocycles. The van der Waals surface area contributed by atoms with Crippen LogP contribution in [-0.4, -0.2) is 20.7 Å². The van der Waals surface area contributed by atoms with Gasteiger partial charge in [0.2, 0.25) is 0 Å². The van der Waals surface area contributed by atoms with Crippen LogP contribution in [-0.2, 0) is 0 Å². The monoisotopic (exact) mass is 396 g/mol. The van der Waals surface area contributed by atoms with Crippen LogP contribution in [0.15, 0.2) is 46.9 Å². The van der Waals surface area contributed by atoms with Gasteiger partial charge in [-0.25, -0.2) is 14.1 Å². The van der Waals surface area contributed by atoms with E-state index in [2.05, 4.69) is 15.4 Å². The molecule has 1 amide bonds. The van der Waals surface area contributed by atoms with E-state index in [0.717, 1.165) is 11.5 Å². The first-order valence-electron chi connectivity index (χ1n) is 8.59. The number of halogens is 1. The summed E-state index contributed by atoms with van der Waals surface area (Å²) in [5, 5.41) is 7.92. The fourth-order valence-corrected chi connectivity index (χ4v) is 3.73. The number of carbonyl (C=O) groups excluding carboxylic acids is 1. The van der Waals surface area contributed by atoms with Crippen molar-refractivity contribution < 1.29 is 13.6 Å². The molecule has 0 saturated carbocycles. The summed E-state index contributed by atoms with van der Waals surface area (Å²) in [6, 6.07) is 11.4. The second kappa shape index (κ2) is 7.05. The minimum Gasteiger partial charge on any atom is -0.459 e. The number of furan rings is 1. The molecule has 1 aromatic carbocycles. The zero-order valence-electron chi connectivity index (χ0n) is 15.5. The lowest BCUT2D eigenvalue weighted by atomic mass is 10.3. The van der Waals surface area contributed by atoms with Crippen molar-refractivity contribution >= 4 is 23.1 Å². The lowest BCUT2D eigenvalue weighted by molar-refractivity contribution is 0.102. The molecule has 4 rings (SSSR count). The van der Waals surface area contributed by atoms with Crippen LogP contribution in [0.25, 0.3) is 16.5 Å². The number of carbonyl (C=O) groups is 1. The van der Waals surface area contributed by atoms with E-state index in [1.807, 2.05) is 26.0 Å². The van der Waals surface area contributed by atoms with Gasteiger partial charge in [0, 0.05) is 6.07 Å². The zero-order valence-corrected chi connectivity index (χ0v) is 16.3. The third-order valence-corrected chi connectivity index (χ3v) is 5.27. The molecule has 8 heteroatoms. The second-order valence-corrected chi connectivity index (χ2v) is 7.36. The predicted octanol–water partition coefficient (Wildman–Crippen LogP) is 4.91. The summed E-state index contributed by atoms with van der Waals surface area (Å²) in [4.78, 5) is 17.8. The minimum absolute atomic E-state index is 0.284. The van der Waals surface area contributed by atoms with Crippen LogP contribution in [0.1, 0.15) is 26.8 Å². The van der Waals surface area contributed by atoms with E-state index in [1.165, 1.54) is 23.5 Å². The molecule has 0 aliphatic heterocycles. The molecule has 28 heavy (non-hydrogen) atoms. The molecule has 0 atom stereocenters. The average molecular weight is 396 g/mol. The number of hydrogen-bond donors (Lipinski definition) is 1. The van der Waals surface area contributed by atoms with Crippen molar-refractivity contribution in [1.82, 2.24) is 14.8 Å². The number of amides is 1. The van der Waals surface area contributed by atoms with Crippen LogP contribution in [0.5, 0.6) is 0 Å². The van der Waals surface area contributed by atoms with Gasteiger partial charge in [0.25, 0.3) is 5.91 Å². The molecule has 1 N–H and O–H groups in total. The molecule has 3 aromatic heterocycles. The van der Waals surface area contributed by atoms with Crippen LogP contribution in [0.2, 0.25) is 0 Å². The van der Waals surface area contributed by atoms with E-state index >= 15 is 0 Å². The maximum atomic E-state index is 13.2. The Labute approximate surface area is 164 Å². The van der Waals surface area contributed by atoms with Gasteiger partial charge in [-0.15, -0.1) is 11.3 Å². The van der Waals surface area contributed by atoms with Crippen LogP contribution < -0.4 is 5.32 Å². The Morgan fingerprint density at radius 1 is 1.14 bits per heavy atom. The first kappa shape index (κ1) is 18.1. The van der Waals surface area contributed by atoms with Gasteiger partial charge in [-0.2, -0.15) is 5.10 Å². The normalized spacial score (nSPS) is 11.0. The Bertz CT molecular complexity index is 1160. The molecular weight excluding hydrogens is 379 g/mol. The van der Waals surface area contributed by atoms with Crippen molar-refractivity contribution in [3.05, 3.63) is 70.3 Å². The van der Waals surface area contributed by atoms with Gasteiger partial charge in [0.05, 0.1) is 17.1 Å². The number of aromatic nitrogens is 3. The number of anilines is 1. The Morgan fingerprint density at radius 3 is 2.57 bits per heavy atom. The van der Waals surface area contributed by atoms with Gasteiger partial charge in [0.15, 0.2) is 10.8 Å². The summed E-state index contributed by atoms with van der Waals surface area (Å²) in [7, 11) is 0. The smallest absolute Gasteiger partial charge is 0.268 e. The van der Waals surface area contributed by atoms with Crippen LogP contribution in [0.3, 0.4) is 0 Å². The fraction of sp³-hybridized carbons (Fsp3) is 0.150. The van der Waals surface area contributed by atoms with Gasteiger partial charge >= 0.3 is 0 Å². The lowest BCUT2D eigenvalue weighted by Gasteiger charge is -2.08. The SMILES string of the molecule is Cc1cc(NC(=O)c2sc(-c3ccc(C)o3)nc2C)n(-c2ccc(F)cc2)n1. The number of rotatable bonds is 4. The van der Waals surface area contributed by atoms with E-state index in [-0.39, 0.29) is 11.7 Å². The van der Waals surface area contributed by atoms with Gasteiger partial charge in [-0.3, -0.25) is 4.79 Å². The Morgan fingerprint density at radius 2 is 1.89 bits per heavy atom. The number of nitrogens with zero attached hydrogens (tertiary/aromatic N) is 3. The predicted molar refractivity (Wildman–Crippen MR) is 106 cm³/mol. The maximum absolute atomic E-state index is 13.2. The Hall–Kier alpha value is -3.26. The molecule has 3 heterocycles. The second-order valence-electron chi connectivity index (χ2n) is 6.36. The number of hydrogen-bond acceptors (Lipinski definition) is 5. The quantitative estimate of drug-likeness (QED) is 0.532. The largest absolute Gasteiger partial charge is 0.459 e. The molecule has 0 radical (unpaired) electrons. The van der Waals surface area contributed by atoms with Crippen molar-refractivity contribution in [3.63, 3.8) is 0 Å². The van der Waals surface area contributed by atoms with E-state index in [4.69, 9.17) is 4.42 Å². The summed E-state index contributed by atoms with van der Waals surface area (Å²) in [6.07, 6.45) is 0. The van der Waals surface area contributed by atoms with Gasteiger partial charge in [-0.05, 0) is 57.2 Å². The third-order valence-electron chi connectivity index (χ3n) is 4.10. The Balaban J connectivity index is 1.63. The molecular formula is C20H17FN4O2S. The van der Waals surface area contributed by atoms with Gasteiger partial charge in [-0.1, -0.05) is 0 Å². The summed E-state index contributed by atoms with van der Waals surface area (Å²) in [5.74, 6) is 1.30. The molecule has 0 aliphatic carbocycles.